The van der Waals surface area contributed by atoms with Crippen molar-refractivity contribution in [1.29, 1.82) is 0 Å². The largest absolute Gasteiger partial charge is 0.478 e. The van der Waals surface area contributed by atoms with Crippen LogP contribution in [-0.2, 0) is 4.74 Å². The Morgan fingerprint density at radius 3 is 2.30 bits per heavy atom. The van der Waals surface area contributed by atoms with Crippen molar-refractivity contribution in [1.82, 2.24) is 0 Å². The van der Waals surface area contributed by atoms with Gasteiger partial charge in [0.25, 0.3) is 0 Å². The molecule has 2 rings (SSSR count). The Hall–Kier alpha value is -2.04. The molecule has 1 aromatic carbocycles. The van der Waals surface area contributed by atoms with Gasteiger partial charge in [0.2, 0.25) is 0 Å². The van der Waals surface area contributed by atoms with Crippen LogP contribution in [0, 0.1) is 0 Å². The van der Waals surface area contributed by atoms with Gasteiger partial charge in [0.15, 0.2) is 0 Å². The first-order valence-corrected chi connectivity index (χ1v) is 8.14. The zero-order chi connectivity index (χ0) is 17.0. The summed E-state index contributed by atoms with van der Waals surface area (Å²) in [5.74, 6) is -1.04. The van der Waals surface area contributed by atoms with E-state index in [1.54, 1.807) is 23.1 Å². The fraction of sp³-hybridized carbons (Fsp3) is 0.556. The summed E-state index contributed by atoms with van der Waals surface area (Å²) in [7, 11) is 0. The van der Waals surface area contributed by atoms with Gasteiger partial charge < -0.3 is 9.84 Å². The lowest BCUT2D eigenvalue weighted by Crippen LogP contribution is -2.45. The van der Waals surface area contributed by atoms with E-state index in [0.717, 1.165) is 32.1 Å². The predicted molar refractivity (Wildman–Crippen MR) is 89.0 cm³/mol. The Kier molecular flexibility index (Phi) is 5.29. The fourth-order valence-corrected chi connectivity index (χ4v) is 2.96. The molecule has 1 amide bonds. The minimum atomic E-state index is -1.04. The first-order chi connectivity index (χ1) is 10.8. The van der Waals surface area contributed by atoms with Crippen LogP contribution in [0.2, 0.25) is 0 Å². The third kappa shape index (κ3) is 4.47. The second kappa shape index (κ2) is 7.02. The number of ether oxygens (including phenoxy) is 1. The molecule has 126 valence electrons. The van der Waals surface area contributed by atoms with Gasteiger partial charge in [0, 0.05) is 6.04 Å². The van der Waals surface area contributed by atoms with E-state index in [-0.39, 0.29) is 11.6 Å². The van der Waals surface area contributed by atoms with E-state index >= 15 is 0 Å². The molecule has 5 nitrogen and oxygen atoms in total. The topological polar surface area (TPSA) is 66.8 Å². The van der Waals surface area contributed by atoms with Crippen molar-refractivity contribution in [2.75, 3.05) is 4.90 Å². The smallest absolute Gasteiger partial charge is 0.415 e. The lowest BCUT2D eigenvalue weighted by atomic mass is 9.93. The van der Waals surface area contributed by atoms with Crippen molar-refractivity contribution in [3.63, 3.8) is 0 Å². The quantitative estimate of drug-likeness (QED) is 0.893. The maximum Gasteiger partial charge on any atom is 0.415 e. The molecule has 1 saturated carbocycles. The second-order valence-electron chi connectivity index (χ2n) is 6.96. The van der Waals surface area contributed by atoms with E-state index < -0.39 is 17.7 Å². The highest BCUT2D eigenvalue weighted by molar-refractivity contribution is 6.00. The molecule has 1 aliphatic rings. The summed E-state index contributed by atoms with van der Waals surface area (Å²) < 4.78 is 5.54. The Morgan fingerprint density at radius 2 is 1.74 bits per heavy atom. The monoisotopic (exact) mass is 319 g/mol. The number of carboxylic acid groups (broad SMARTS) is 1. The van der Waals surface area contributed by atoms with Crippen molar-refractivity contribution in [3.05, 3.63) is 29.8 Å². The van der Waals surface area contributed by atoms with Gasteiger partial charge in [-0.3, -0.25) is 4.90 Å². The molecule has 0 aromatic heterocycles. The highest BCUT2D eigenvalue weighted by Gasteiger charge is 2.32. The molecular weight excluding hydrogens is 294 g/mol. The van der Waals surface area contributed by atoms with Crippen LogP contribution in [0.4, 0.5) is 10.5 Å². The molecule has 5 heteroatoms. The van der Waals surface area contributed by atoms with Crippen molar-refractivity contribution < 1.29 is 19.4 Å². The van der Waals surface area contributed by atoms with Gasteiger partial charge in [-0.05, 0) is 45.7 Å². The number of carbonyl (C=O) groups excluding carboxylic acids is 1. The zero-order valence-electron chi connectivity index (χ0n) is 14.0. The molecule has 0 spiro atoms. The van der Waals surface area contributed by atoms with Crippen LogP contribution in [0.5, 0.6) is 0 Å². The normalized spacial score (nSPS) is 16.0. The van der Waals surface area contributed by atoms with Gasteiger partial charge in [-0.25, -0.2) is 9.59 Å². The van der Waals surface area contributed by atoms with Gasteiger partial charge in [-0.1, -0.05) is 31.4 Å². The molecule has 1 N–H and O–H groups in total. The minimum absolute atomic E-state index is 0.0147. The van der Waals surface area contributed by atoms with E-state index in [1.807, 2.05) is 20.8 Å². The number of para-hydroxylation sites is 1. The summed E-state index contributed by atoms with van der Waals surface area (Å²) in [4.78, 5) is 25.8. The molecule has 1 fully saturated rings. The molecule has 0 radical (unpaired) electrons. The summed E-state index contributed by atoms with van der Waals surface area (Å²) in [5.41, 5.74) is -0.0765. The van der Waals surface area contributed by atoms with Crippen LogP contribution < -0.4 is 4.90 Å². The lowest BCUT2D eigenvalue weighted by molar-refractivity contribution is 0.0557. The molecule has 23 heavy (non-hydrogen) atoms. The summed E-state index contributed by atoms with van der Waals surface area (Å²) in [6.45, 7) is 5.44. The minimum Gasteiger partial charge on any atom is -0.478 e. The number of carbonyl (C=O) groups is 2. The molecule has 1 aromatic rings. The Balaban J connectivity index is 2.41. The van der Waals surface area contributed by atoms with Gasteiger partial charge >= 0.3 is 12.1 Å². The van der Waals surface area contributed by atoms with Crippen molar-refractivity contribution in [2.45, 2.75) is 64.5 Å². The molecular formula is C18H25NO4. The van der Waals surface area contributed by atoms with E-state index in [1.165, 1.54) is 6.07 Å². The van der Waals surface area contributed by atoms with Crippen LogP contribution in [-0.4, -0.2) is 28.8 Å². The number of carboxylic acids is 1. The summed E-state index contributed by atoms with van der Waals surface area (Å²) in [6, 6.07) is 6.61. The van der Waals surface area contributed by atoms with Crippen LogP contribution >= 0.6 is 0 Å². The third-order valence-electron chi connectivity index (χ3n) is 3.92. The van der Waals surface area contributed by atoms with E-state index in [2.05, 4.69) is 0 Å². The molecule has 0 atom stereocenters. The van der Waals surface area contributed by atoms with Crippen LogP contribution in [0.1, 0.15) is 63.2 Å². The maximum atomic E-state index is 12.7. The van der Waals surface area contributed by atoms with Gasteiger partial charge in [-0.15, -0.1) is 0 Å². The zero-order valence-corrected chi connectivity index (χ0v) is 14.0. The number of hydrogen-bond acceptors (Lipinski definition) is 3. The van der Waals surface area contributed by atoms with Crippen LogP contribution in [0.25, 0.3) is 0 Å². The Morgan fingerprint density at radius 1 is 1.13 bits per heavy atom. The predicted octanol–water partition coefficient (Wildman–Crippen LogP) is 4.46. The number of rotatable bonds is 3. The number of amides is 1. The van der Waals surface area contributed by atoms with Gasteiger partial charge in [-0.2, -0.15) is 0 Å². The first-order valence-electron chi connectivity index (χ1n) is 8.14. The molecule has 0 aliphatic heterocycles. The summed E-state index contributed by atoms with van der Waals surface area (Å²) in [6.07, 6.45) is 4.50. The van der Waals surface area contributed by atoms with Gasteiger partial charge in [0.1, 0.15) is 5.60 Å². The number of anilines is 1. The molecule has 0 unspecified atom stereocenters. The van der Waals surface area contributed by atoms with Crippen molar-refractivity contribution >= 4 is 17.7 Å². The van der Waals surface area contributed by atoms with Crippen LogP contribution in [0.3, 0.4) is 0 Å². The number of nitrogens with zero attached hydrogens (tertiary/aromatic N) is 1. The number of aromatic carboxylic acids is 1. The van der Waals surface area contributed by atoms with Crippen molar-refractivity contribution in [3.8, 4) is 0 Å². The number of benzene rings is 1. The highest BCUT2D eigenvalue weighted by atomic mass is 16.6. The van der Waals surface area contributed by atoms with E-state index in [4.69, 9.17) is 4.74 Å². The SMILES string of the molecule is CC(C)(C)OC(=O)N(c1ccccc1C(=O)O)C1CCCCC1. The second-order valence-corrected chi connectivity index (χ2v) is 6.96. The van der Waals surface area contributed by atoms with Crippen LogP contribution in [0.15, 0.2) is 24.3 Å². The average molecular weight is 319 g/mol. The Labute approximate surface area is 137 Å². The molecule has 0 saturated heterocycles. The van der Waals surface area contributed by atoms with E-state index in [0.29, 0.717) is 5.69 Å². The lowest BCUT2D eigenvalue weighted by Gasteiger charge is -2.36. The molecule has 1 aliphatic carbocycles. The fourth-order valence-electron chi connectivity index (χ4n) is 2.96. The maximum absolute atomic E-state index is 12.7. The summed E-state index contributed by atoms with van der Waals surface area (Å²) in [5, 5.41) is 9.45. The molecule has 0 bridgehead atoms. The van der Waals surface area contributed by atoms with Gasteiger partial charge in [0.05, 0.1) is 11.3 Å². The third-order valence-corrected chi connectivity index (χ3v) is 3.92. The standard InChI is InChI=1S/C18H25NO4/c1-18(2,3)23-17(22)19(13-9-5-4-6-10-13)15-12-8-7-11-14(15)16(20)21/h7-8,11-13H,4-6,9-10H2,1-3H3,(H,20,21). The highest BCUT2D eigenvalue weighted by Crippen LogP contribution is 2.31. The summed E-state index contributed by atoms with van der Waals surface area (Å²) >= 11 is 0. The number of hydrogen-bond donors (Lipinski definition) is 1. The molecule has 0 heterocycles. The van der Waals surface area contributed by atoms with Crippen molar-refractivity contribution in [2.24, 2.45) is 0 Å². The first kappa shape index (κ1) is 17.3. The average Bonchev–Trinajstić information content (AvgIpc) is 2.47. The van der Waals surface area contributed by atoms with E-state index in [9.17, 15) is 14.7 Å². The Bertz CT molecular complexity index is 571.